The third-order valence-electron chi connectivity index (χ3n) is 4.29. The van der Waals surface area contributed by atoms with Crippen LogP contribution in [0.25, 0.3) is 0 Å². The van der Waals surface area contributed by atoms with E-state index in [1.165, 1.54) is 32.1 Å². The second-order valence-electron chi connectivity index (χ2n) is 6.40. The average Bonchev–Trinajstić information content (AvgIpc) is 2.58. The lowest BCUT2D eigenvalue weighted by atomic mass is 9.97. The van der Waals surface area contributed by atoms with Gasteiger partial charge in [0.15, 0.2) is 0 Å². The summed E-state index contributed by atoms with van der Waals surface area (Å²) in [5.41, 5.74) is 0. The maximum absolute atomic E-state index is 11.5. The molecule has 2 N–H and O–H groups in total. The first-order valence-electron chi connectivity index (χ1n) is 9.65. The van der Waals surface area contributed by atoms with Crippen molar-refractivity contribution in [1.82, 2.24) is 5.23 Å². The number of carbonyl (C=O) groups excluding carboxylic acids is 1. The molecule has 0 bridgehead atoms. The molecule has 0 saturated carbocycles. The molecule has 1 amide bonds. The summed E-state index contributed by atoms with van der Waals surface area (Å²) in [5.74, 6) is -0.868. The van der Waals surface area contributed by atoms with Gasteiger partial charge in [0.25, 0.3) is 5.91 Å². The molecule has 0 spiro atoms. The van der Waals surface area contributed by atoms with Crippen LogP contribution >= 0.6 is 0 Å². The fraction of sp³-hybridized carbons (Fsp3) is 0.750. The van der Waals surface area contributed by atoms with Gasteiger partial charge in [-0.1, -0.05) is 75.5 Å². The molecule has 0 rings (SSSR count). The lowest BCUT2D eigenvalue weighted by Gasteiger charge is -2.15. The zero-order valence-electron chi connectivity index (χ0n) is 15.6. The van der Waals surface area contributed by atoms with Gasteiger partial charge < -0.3 is 0 Å². The summed E-state index contributed by atoms with van der Waals surface area (Å²) < 4.78 is 0. The Morgan fingerprint density at radius 1 is 0.875 bits per heavy atom. The van der Waals surface area contributed by atoms with Crippen molar-refractivity contribution in [2.75, 3.05) is 0 Å². The fourth-order valence-corrected chi connectivity index (χ4v) is 2.69. The predicted molar refractivity (Wildman–Crippen MR) is 98.9 cm³/mol. The maximum Gasteiger partial charge on any atom is 0.276 e. The quantitative estimate of drug-likeness (QED) is 0.165. The number of allylic oxidation sites excluding steroid dienone is 4. The summed E-state index contributed by atoms with van der Waals surface area (Å²) in [7, 11) is 0. The topological polar surface area (TPSA) is 60.8 Å². The van der Waals surface area contributed by atoms with Crippen molar-refractivity contribution in [2.24, 2.45) is 5.92 Å². The van der Waals surface area contributed by atoms with Crippen LogP contribution in [0.3, 0.4) is 0 Å². The van der Waals surface area contributed by atoms with Gasteiger partial charge >= 0.3 is 0 Å². The summed E-state index contributed by atoms with van der Waals surface area (Å²) in [5, 5.41) is 17.3. The van der Waals surface area contributed by atoms with E-state index in [1.54, 1.807) is 0 Å². The van der Waals surface area contributed by atoms with E-state index in [0.717, 1.165) is 38.5 Å². The van der Waals surface area contributed by atoms with Crippen molar-refractivity contribution < 1.29 is 15.2 Å². The lowest BCUT2D eigenvalue weighted by Crippen LogP contribution is -2.30. The van der Waals surface area contributed by atoms with Crippen molar-refractivity contribution in [1.29, 1.82) is 0 Å². The van der Waals surface area contributed by atoms with Crippen LogP contribution < -0.4 is 0 Å². The first-order valence-corrected chi connectivity index (χ1v) is 9.65. The SMILES string of the molecule is CCCCCC=CCC=CCCCCCCC(CC)C(=O)N(O)O. The van der Waals surface area contributed by atoms with E-state index in [9.17, 15) is 4.79 Å². The van der Waals surface area contributed by atoms with Crippen molar-refractivity contribution in [3.05, 3.63) is 24.3 Å². The van der Waals surface area contributed by atoms with Crippen LogP contribution in [0.2, 0.25) is 0 Å². The average molecular weight is 340 g/mol. The second kappa shape index (κ2) is 16.7. The van der Waals surface area contributed by atoms with Crippen molar-refractivity contribution >= 4 is 5.91 Å². The third kappa shape index (κ3) is 13.3. The Morgan fingerprint density at radius 2 is 1.46 bits per heavy atom. The zero-order chi connectivity index (χ0) is 18.0. The minimum absolute atomic E-state index is 0.267. The van der Waals surface area contributed by atoms with Crippen molar-refractivity contribution in [3.63, 3.8) is 0 Å². The molecule has 0 fully saturated rings. The number of hydrogen-bond donors (Lipinski definition) is 2. The van der Waals surface area contributed by atoms with Crippen LogP contribution in [-0.2, 0) is 4.79 Å². The number of hydrogen-bond acceptors (Lipinski definition) is 3. The van der Waals surface area contributed by atoms with Crippen LogP contribution in [0.4, 0.5) is 0 Å². The largest absolute Gasteiger partial charge is 0.276 e. The molecule has 0 aliphatic heterocycles. The summed E-state index contributed by atoms with van der Waals surface area (Å²) in [6.45, 7) is 4.13. The molecule has 0 aliphatic carbocycles. The van der Waals surface area contributed by atoms with E-state index in [1.807, 2.05) is 6.92 Å². The van der Waals surface area contributed by atoms with E-state index >= 15 is 0 Å². The Hall–Kier alpha value is -1.13. The standard InChI is InChI=1S/C20H37NO3/c1-3-5-6-7-8-9-10-11-12-13-14-15-16-17-18-19(4-2)20(22)21(23)24/h8-9,11-12,19,23-24H,3-7,10,13-18H2,1-2H3. The molecule has 1 atom stereocenters. The van der Waals surface area contributed by atoms with Crippen LogP contribution in [0.1, 0.15) is 90.9 Å². The first-order chi connectivity index (χ1) is 11.6. The number of amides is 1. The van der Waals surface area contributed by atoms with Crippen LogP contribution in [0.15, 0.2) is 24.3 Å². The summed E-state index contributed by atoms with van der Waals surface area (Å²) in [6.07, 6.45) is 22.0. The van der Waals surface area contributed by atoms with E-state index in [0.29, 0.717) is 6.42 Å². The van der Waals surface area contributed by atoms with Gasteiger partial charge in [0.2, 0.25) is 0 Å². The molecule has 4 heteroatoms. The molecule has 1 unspecified atom stereocenters. The van der Waals surface area contributed by atoms with Gasteiger partial charge in [-0.05, 0) is 44.9 Å². The smallest absolute Gasteiger partial charge is 0.270 e. The molecule has 0 saturated heterocycles. The van der Waals surface area contributed by atoms with E-state index in [4.69, 9.17) is 10.4 Å². The normalized spacial score (nSPS) is 13.0. The fourth-order valence-electron chi connectivity index (χ4n) is 2.69. The molecule has 140 valence electrons. The van der Waals surface area contributed by atoms with Gasteiger partial charge in [0.05, 0.1) is 0 Å². The Labute approximate surface area is 148 Å². The first kappa shape index (κ1) is 22.9. The Kier molecular flexibility index (Phi) is 15.9. The van der Waals surface area contributed by atoms with Gasteiger partial charge in [-0.3, -0.25) is 15.2 Å². The van der Waals surface area contributed by atoms with E-state index in [2.05, 4.69) is 31.2 Å². The minimum atomic E-state index is -0.594. The molecule has 0 aromatic carbocycles. The van der Waals surface area contributed by atoms with E-state index in [-0.39, 0.29) is 11.1 Å². The number of carbonyl (C=O) groups is 1. The molecule has 0 radical (unpaired) electrons. The van der Waals surface area contributed by atoms with Gasteiger partial charge in [-0.15, -0.1) is 0 Å². The zero-order valence-corrected chi connectivity index (χ0v) is 15.6. The molecular formula is C20H37NO3. The molecule has 4 nitrogen and oxygen atoms in total. The van der Waals surface area contributed by atoms with Crippen LogP contribution in [0, 0.1) is 5.92 Å². The highest BCUT2D eigenvalue weighted by Gasteiger charge is 2.20. The van der Waals surface area contributed by atoms with Gasteiger partial charge in [-0.25, -0.2) is 0 Å². The Bertz CT molecular complexity index is 351. The molecule has 0 heterocycles. The molecule has 24 heavy (non-hydrogen) atoms. The highest BCUT2D eigenvalue weighted by Crippen LogP contribution is 2.16. The number of unbranched alkanes of at least 4 members (excludes halogenated alkanes) is 7. The van der Waals surface area contributed by atoms with Crippen molar-refractivity contribution in [3.8, 4) is 0 Å². The number of rotatable bonds is 15. The Balaban J connectivity index is 3.50. The van der Waals surface area contributed by atoms with Gasteiger partial charge in [0.1, 0.15) is 0 Å². The number of nitrogens with zero attached hydrogens (tertiary/aromatic N) is 1. The summed E-state index contributed by atoms with van der Waals surface area (Å²) in [6, 6.07) is 0. The predicted octanol–water partition coefficient (Wildman–Crippen LogP) is 6.04. The second-order valence-corrected chi connectivity index (χ2v) is 6.40. The van der Waals surface area contributed by atoms with Gasteiger partial charge in [0, 0.05) is 5.92 Å². The molecular weight excluding hydrogens is 302 g/mol. The molecule has 0 aliphatic rings. The summed E-state index contributed by atoms with van der Waals surface area (Å²) >= 11 is 0. The van der Waals surface area contributed by atoms with Crippen LogP contribution in [0.5, 0.6) is 0 Å². The maximum atomic E-state index is 11.5. The highest BCUT2D eigenvalue weighted by atomic mass is 16.8. The van der Waals surface area contributed by atoms with Crippen LogP contribution in [-0.4, -0.2) is 21.5 Å². The minimum Gasteiger partial charge on any atom is -0.270 e. The monoisotopic (exact) mass is 339 g/mol. The lowest BCUT2D eigenvalue weighted by molar-refractivity contribution is -0.288. The van der Waals surface area contributed by atoms with E-state index < -0.39 is 5.91 Å². The third-order valence-corrected chi connectivity index (χ3v) is 4.29. The van der Waals surface area contributed by atoms with Crippen molar-refractivity contribution in [2.45, 2.75) is 90.9 Å². The van der Waals surface area contributed by atoms with Gasteiger partial charge in [-0.2, -0.15) is 0 Å². The summed E-state index contributed by atoms with van der Waals surface area (Å²) in [4.78, 5) is 11.5. The molecule has 0 aromatic rings. The Morgan fingerprint density at radius 3 is 2.00 bits per heavy atom. The molecule has 0 aromatic heterocycles. The highest BCUT2D eigenvalue weighted by molar-refractivity contribution is 5.76. The number of hydroxylamine groups is 2.